The Balaban J connectivity index is 1.97. The number of nitriles is 1. The van der Waals surface area contributed by atoms with E-state index in [4.69, 9.17) is 28.3 Å². The summed E-state index contributed by atoms with van der Waals surface area (Å²) < 4.78 is 12.2. The van der Waals surface area contributed by atoms with E-state index >= 15 is 0 Å². The van der Waals surface area contributed by atoms with Gasteiger partial charge in [-0.3, -0.25) is 0 Å². The van der Waals surface area contributed by atoms with Crippen LogP contribution in [0, 0.1) is 18.3 Å². The van der Waals surface area contributed by atoms with Crippen LogP contribution in [0.3, 0.4) is 0 Å². The number of nitrogen functional groups attached to an aromatic ring is 1. The van der Waals surface area contributed by atoms with Gasteiger partial charge in [-0.1, -0.05) is 0 Å². The molecule has 2 aromatic carbocycles. The molecule has 0 aliphatic rings. The van der Waals surface area contributed by atoms with Crippen LogP contribution in [-0.2, 0) is 0 Å². The molecular weight excluding hydrogens is 343 g/mol. The molecule has 0 aliphatic carbocycles. The third-order valence-electron chi connectivity index (χ3n) is 4.06. The third kappa shape index (κ3) is 3.37. The minimum Gasteiger partial charge on any atom is -0.497 e. The normalized spacial score (nSPS) is 10.3. The topological polar surface area (TPSA) is 111 Å². The van der Waals surface area contributed by atoms with Crippen LogP contribution in [0.1, 0.15) is 11.1 Å². The Morgan fingerprint density at radius 3 is 2.52 bits per heavy atom. The fourth-order valence-corrected chi connectivity index (χ4v) is 2.70. The second-order valence-corrected chi connectivity index (χ2v) is 5.69. The van der Waals surface area contributed by atoms with Crippen molar-refractivity contribution in [1.82, 2.24) is 14.8 Å². The summed E-state index contributed by atoms with van der Waals surface area (Å²) in [6, 6.07) is 10.6. The zero-order valence-corrected chi connectivity index (χ0v) is 15.1. The van der Waals surface area contributed by atoms with Crippen molar-refractivity contribution in [3.63, 3.8) is 0 Å². The number of ether oxygens (including phenoxy) is 2. The van der Waals surface area contributed by atoms with Crippen LogP contribution in [0.4, 0.5) is 17.6 Å². The minimum atomic E-state index is 0.187. The number of nitrogens with one attached hydrogen (secondary N) is 1. The predicted octanol–water partition coefficient (Wildman–Crippen LogP) is 1.58. The number of benzene rings is 2. The number of nitrogens with two attached hydrogens (primary N) is 1. The van der Waals surface area contributed by atoms with E-state index < -0.39 is 0 Å². The fourth-order valence-electron chi connectivity index (χ4n) is 2.70. The van der Waals surface area contributed by atoms with E-state index in [1.807, 2.05) is 6.92 Å². The van der Waals surface area contributed by atoms with Gasteiger partial charge in [0.1, 0.15) is 19.3 Å². The first-order valence-corrected chi connectivity index (χ1v) is 7.99. The molecule has 134 valence electrons. The quantitative estimate of drug-likeness (QED) is 0.665. The molecule has 3 rings (SSSR count). The summed E-state index contributed by atoms with van der Waals surface area (Å²) in [5.41, 5.74) is 8.93. The standard InChI is InChI=1S/C18H17BN6O2/c1-10-14(26-2)8-13(15(19)16(10)27-3)22-18-23-17(21)25(24-18)12-6-4-11(9-20)5-7-12/h4-8H,1-3H3,(H3,21,22,23,24). The fraction of sp³-hybridized carbons (Fsp3) is 0.167. The Morgan fingerprint density at radius 1 is 1.22 bits per heavy atom. The van der Waals surface area contributed by atoms with Crippen LogP contribution in [0.2, 0.25) is 0 Å². The van der Waals surface area contributed by atoms with Crippen molar-refractivity contribution in [2.75, 3.05) is 25.3 Å². The van der Waals surface area contributed by atoms with Crippen molar-refractivity contribution in [2.45, 2.75) is 6.92 Å². The second-order valence-electron chi connectivity index (χ2n) is 5.69. The number of hydrogen-bond donors (Lipinski definition) is 2. The maximum Gasteiger partial charge on any atom is 0.248 e. The van der Waals surface area contributed by atoms with E-state index in [2.05, 4.69) is 21.5 Å². The molecule has 27 heavy (non-hydrogen) atoms. The molecule has 0 saturated heterocycles. The first kappa shape index (κ1) is 18.1. The molecule has 0 amide bonds. The van der Waals surface area contributed by atoms with E-state index in [0.29, 0.717) is 33.9 Å². The Labute approximate surface area is 157 Å². The molecule has 0 unspecified atom stereocenters. The van der Waals surface area contributed by atoms with Crippen LogP contribution in [0.15, 0.2) is 30.3 Å². The van der Waals surface area contributed by atoms with Gasteiger partial charge >= 0.3 is 0 Å². The van der Waals surface area contributed by atoms with Crippen molar-refractivity contribution in [3.05, 3.63) is 41.5 Å². The highest BCUT2D eigenvalue weighted by atomic mass is 16.5. The van der Waals surface area contributed by atoms with Gasteiger partial charge in [0.05, 0.1) is 31.5 Å². The number of aromatic nitrogens is 3. The van der Waals surface area contributed by atoms with Crippen molar-refractivity contribution >= 4 is 30.9 Å². The van der Waals surface area contributed by atoms with Gasteiger partial charge in [-0.2, -0.15) is 14.9 Å². The Hall–Kier alpha value is -3.67. The lowest BCUT2D eigenvalue weighted by Crippen LogP contribution is -2.15. The molecule has 0 saturated carbocycles. The highest BCUT2D eigenvalue weighted by Crippen LogP contribution is 2.30. The molecule has 0 spiro atoms. The van der Waals surface area contributed by atoms with Gasteiger partial charge in [-0.15, -0.1) is 5.10 Å². The molecule has 9 heteroatoms. The maximum absolute atomic E-state index is 8.90. The molecule has 0 atom stereocenters. The van der Waals surface area contributed by atoms with Crippen LogP contribution in [-0.4, -0.2) is 36.8 Å². The Morgan fingerprint density at radius 2 is 1.93 bits per heavy atom. The van der Waals surface area contributed by atoms with Gasteiger partial charge in [-0.05, 0) is 36.7 Å². The lowest BCUT2D eigenvalue weighted by molar-refractivity contribution is 0.391. The molecule has 3 aromatic rings. The van der Waals surface area contributed by atoms with Crippen LogP contribution < -0.4 is 26.0 Å². The van der Waals surface area contributed by atoms with E-state index in [1.165, 1.54) is 11.8 Å². The molecule has 3 N–H and O–H groups in total. The monoisotopic (exact) mass is 360 g/mol. The van der Waals surface area contributed by atoms with E-state index in [-0.39, 0.29) is 11.9 Å². The number of hydrogen-bond acceptors (Lipinski definition) is 7. The minimum absolute atomic E-state index is 0.187. The Kier molecular flexibility index (Phi) is 4.90. The highest BCUT2D eigenvalue weighted by Gasteiger charge is 2.16. The number of nitrogens with zero attached hydrogens (tertiary/aromatic N) is 4. The summed E-state index contributed by atoms with van der Waals surface area (Å²) in [6.45, 7) is 1.85. The third-order valence-corrected chi connectivity index (χ3v) is 4.06. The van der Waals surface area contributed by atoms with Crippen molar-refractivity contribution in [1.29, 1.82) is 5.26 Å². The molecule has 8 nitrogen and oxygen atoms in total. The molecule has 1 aromatic heterocycles. The predicted molar refractivity (Wildman–Crippen MR) is 103 cm³/mol. The summed E-state index contributed by atoms with van der Waals surface area (Å²) in [4.78, 5) is 4.22. The second kappa shape index (κ2) is 7.29. The van der Waals surface area contributed by atoms with Crippen molar-refractivity contribution in [2.24, 2.45) is 0 Å². The summed E-state index contributed by atoms with van der Waals surface area (Å²) in [7, 11) is 9.29. The molecular formula is C18H17BN6O2. The molecule has 0 fully saturated rings. The van der Waals surface area contributed by atoms with E-state index in [9.17, 15) is 0 Å². The smallest absolute Gasteiger partial charge is 0.248 e. The lowest BCUT2D eigenvalue weighted by Gasteiger charge is -2.17. The van der Waals surface area contributed by atoms with Gasteiger partial charge < -0.3 is 20.5 Å². The van der Waals surface area contributed by atoms with Gasteiger partial charge in [-0.25, -0.2) is 0 Å². The SMILES string of the molecule is [B]c1c(Nc2nc(N)n(-c3ccc(C#N)cc3)n2)cc(OC)c(C)c1OC. The van der Waals surface area contributed by atoms with Gasteiger partial charge in [0.2, 0.25) is 11.9 Å². The average molecular weight is 360 g/mol. The number of rotatable bonds is 5. The molecule has 0 bridgehead atoms. The Bertz CT molecular complexity index is 1020. The van der Waals surface area contributed by atoms with Gasteiger partial charge in [0.15, 0.2) is 0 Å². The largest absolute Gasteiger partial charge is 0.497 e. The van der Waals surface area contributed by atoms with Crippen molar-refractivity contribution in [3.8, 4) is 23.3 Å². The summed E-state index contributed by atoms with van der Waals surface area (Å²) in [5, 5.41) is 16.3. The summed E-state index contributed by atoms with van der Waals surface area (Å²) in [6.07, 6.45) is 0. The van der Waals surface area contributed by atoms with E-state index in [1.54, 1.807) is 37.4 Å². The van der Waals surface area contributed by atoms with Gasteiger partial charge in [0, 0.05) is 17.3 Å². The van der Waals surface area contributed by atoms with E-state index in [0.717, 1.165) is 5.56 Å². The zero-order valence-electron chi connectivity index (χ0n) is 15.1. The lowest BCUT2D eigenvalue weighted by atomic mass is 9.90. The average Bonchev–Trinajstić information content (AvgIpc) is 3.04. The zero-order chi connectivity index (χ0) is 19.6. The maximum atomic E-state index is 8.90. The van der Waals surface area contributed by atoms with Crippen LogP contribution in [0.5, 0.6) is 11.5 Å². The first-order chi connectivity index (χ1) is 13.0. The molecule has 1 heterocycles. The summed E-state index contributed by atoms with van der Waals surface area (Å²) in [5.74, 6) is 1.57. The molecule has 0 aliphatic heterocycles. The first-order valence-electron chi connectivity index (χ1n) is 7.99. The molecule has 2 radical (unpaired) electrons. The van der Waals surface area contributed by atoms with Crippen molar-refractivity contribution < 1.29 is 9.47 Å². The van der Waals surface area contributed by atoms with Gasteiger partial charge in [0.25, 0.3) is 0 Å². The van der Waals surface area contributed by atoms with Crippen LogP contribution >= 0.6 is 0 Å². The summed E-state index contributed by atoms with van der Waals surface area (Å²) >= 11 is 0. The number of anilines is 3. The van der Waals surface area contributed by atoms with Crippen LogP contribution in [0.25, 0.3) is 5.69 Å². The highest BCUT2D eigenvalue weighted by molar-refractivity contribution is 6.38. The number of methoxy groups -OCH3 is 2.